The fraction of sp³-hybridized carbons (Fsp3) is 0.375. The van der Waals surface area contributed by atoms with E-state index in [1.807, 2.05) is 29.2 Å². The molecule has 114 valence electrons. The summed E-state index contributed by atoms with van der Waals surface area (Å²) in [4.78, 5) is 26.5. The molecule has 4 rings (SSSR count). The minimum atomic E-state index is -0.160. The Morgan fingerprint density at radius 3 is 2.86 bits per heavy atom. The van der Waals surface area contributed by atoms with Crippen LogP contribution in [0, 0.1) is 0 Å². The third-order valence-electron chi connectivity index (χ3n) is 4.44. The Hall–Kier alpha value is -2.08. The van der Waals surface area contributed by atoms with E-state index in [0.29, 0.717) is 19.5 Å². The number of hydrogen-bond donors (Lipinski definition) is 1. The number of amides is 2. The van der Waals surface area contributed by atoms with Crippen molar-refractivity contribution in [2.75, 3.05) is 20.2 Å². The Morgan fingerprint density at radius 2 is 2.18 bits per heavy atom. The first-order valence-electron chi connectivity index (χ1n) is 7.26. The molecule has 0 radical (unpaired) electrons. The first kappa shape index (κ1) is 13.6. The van der Waals surface area contributed by atoms with Crippen molar-refractivity contribution in [1.82, 2.24) is 10.2 Å². The highest BCUT2D eigenvalue weighted by atomic mass is 32.1. The van der Waals surface area contributed by atoms with Crippen LogP contribution < -0.4 is 10.1 Å². The summed E-state index contributed by atoms with van der Waals surface area (Å²) in [6.45, 7) is 1.24. The van der Waals surface area contributed by atoms with E-state index in [9.17, 15) is 9.59 Å². The molecule has 0 atom stereocenters. The van der Waals surface area contributed by atoms with Crippen LogP contribution in [0.3, 0.4) is 0 Å². The molecule has 3 heterocycles. The van der Waals surface area contributed by atoms with E-state index in [2.05, 4.69) is 5.32 Å². The molecule has 1 aromatic heterocycles. The lowest BCUT2D eigenvalue weighted by Crippen LogP contribution is -2.68. The summed E-state index contributed by atoms with van der Waals surface area (Å²) >= 11 is 1.50. The van der Waals surface area contributed by atoms with Crippen LogP contribution in [0.15, 0.2) is 24.3 Å². The summed E-state index contributed by atoms with van der Waals surface area (Å²) < 4.78 is 6.29. The monoisotopic (exact) mass is 316 g/mol. The largest absolute Gasteiger partial charge is 0.497 e. The van der Waals surface area contributed by atoms with Crippen LogP contribution in [-0.2, 0) is 4.79 Å². The maximum absolute atomic E-state index is 12.6. The summed E-state index contributed by atoms with van der Waals surface area (Å²) in [5.41, 5.74) is -0.160. The van der Waals surface area contributed by atoms with Crippen molar-refractivity contribution in [1.29, 1.82) is 0 Å². The van der Waals surface area contributed by atoms with Crippen molar-refractivity contribution in [2.24, 2.45) is 0 Å². The molecular formula is C16H16N2O3S. The Labute approximate surface area is 131 Å². The number of carbonyl (C=O) groups excluding carboxylic acids is 2. The number of nitrogens with zero attached hydrogens (tertiary/aromatic N) is 1. The summed E-state index contributed by atoms with van der Waals surface area (Å²) in [6, 6.07) is 7.74. The minimum Gasteiger partial charge on any atom is -0.497 e. The van der Waals surface area contributed by atoms with Gasteiger partial charge in [0.15, 0.2) is 0 Å². The predicted octanol–water partition coefficient (Wildman–Crippen LogP) is 2.01. The van der Waals surface area contributed by atoms with Gasteiger partial charge in [0.05, 0.1) is 17.5 Å². The van der Waals surface area contributed by atoms with E-state index in [0.717, 1.165) is 27.1 Å². The lowest BCUT2D eigenvalue weighted by molar-refractivity contribution is -0.120. The zero-order chi connectivity index (χ0) is 15.3. The third-order valence-corrected chi connectivity index (χ3v) is 5.55. The van der Waals surface area contributed by atoms with Crippen molar-refractivity contribution in [2.45, 2.75) is 18.4 Å². The summed E-state index contributed by atoms with van der Waals surface area (Å²) in [5.74, 6) is 0.939. The molecule has 2 aliphatic rings. The van der Waals surface area contributed by atoms with Gasteiger partial charge in [-0.3, -0.25) is 9.59 Å². The molecule has 2 fully saturated rings. The van der Waals surface area contributed by atoms with Gasteiger partial charge in [-0.05, 0) is 36.1 Å². The van der Waals surface area contributed by atoms with Gasteiger partial charge in [0.25, 0.3) is 5.91 Å². The Morgan fingerprint density at radius 1 is 1.36 bits per heavy atom. The number of carbonyl (C=O) groups is 2. The highest BCUT2D eigenvalue weighted by Gasteiger charge is 2.49. The van der Waals surface area contributed by atoms with E-state index < -0.39 is 0 Å². The van der Waals surface area contributed by atoms with Crippen LogP contribution in [-0.4, -0.2) is 42.5 Å². The van der Waals surface area contributed by atoms with E-state index in [-0.39, 0.29) is 17.4 Å². The molecule has 6 heteroatoms. The Bertz CT molecular complexity index is 777. The molecule has 0 aliphatic carbocycles. The van der Waals surface area contributed by atoms with Crippen LogP contribution >= 0.6 is 11.3 Å². The van der Waals surface area contributed by atoms with Crippen LogP contribution in [0.5, 0.6) is 5.75 Å². The Balaban J connectivity index is 1.53. The van der Waals surface area contributed by atoms with Gasteiger partial charge in [-0.2, -0.15) is 0 Å². The van der Waals surface area contributed by atoms with Gasteiger partial charge in [0.2, 0.25) is 5.91 Å². The standard InChI is InChI=1S/C16H16N2O3S/c1-21-11-2-3-12-10(6-11)7-13(22-12)15(20)18-8-16(9-18)5-4-14(19)17-16/h2-3,6-7H,4-5,8-9H2,1H3,(H,17,19). The highest BCUT2D eigenvalue weighted by molar-refractivity contribution is 7.20. The molecule has 2 amide bonds. The molecule has 1 N–H and O–H groups in total. The molecule has 1 spiro atoms. The van der Waals surface area contributed by atoms with E-state index in [1.54, 1.807) is 7.11 Å². The molecule has 1 aromatic carbocycles. The first-order valence-corrected chi connectivity index (χ1v) is 8.08. The number of methoxy groups -OCH3 is 1. The number of hydrogen-bond acceptors (Lipinski definition) is 4. The number of ether oxygens (including phenoxy) is 1. The average molecular weight is 316 g/mol. The smallest absolute Gasteiger partial charge is 0.264 e. The van der Waals surface area contributed by atoms with Crippen molar-refractivity contribution in [3.8, 4) is 5.75 Å². The van der Waals surface area contributed by atoms with Gasteiger partial charge in [0.1, 0.15) is 5.75 Å². The first-order chi connectivity index (χ1) is 10.6. The zero-order valence-corrected chi connectivity index (χ0v) is 13.0. The fourth-order valence-corrected chi connectivity index (χ4v) is 4.26. The van der Waals surface area contributed by atoms with Gasteiger partial charge in [-0.1, -0.05) is 0 Å². The molecule has 0 unspecified atom stereocenters. The third kappa shape index (κ3) is 2.06. The van der Waals surface area contributed by atoms with Gasteiger partial charge in [-0.25, -0.2) is 0 Å². The number of fused-ring (bicyclic) bond motifs is 1. The number of thiophene rings is 1. The van der Waals surface area contributed by atoms with Crippen molar-refractivity contribution in [3.05, 3.63) is 29.1 Å². The highest BCUT2D eigenvalue weighted by Crippen LogP contribution is 2.34. The number of benzene rings is 1. The van der Waals surface area contributed by atoms with Crippen LogP contribution in [0.1, 0.15) is 22.5 Å². The second-order valence-corrected chi connectivity index (χ2v) is 7.09. The number of rotatable bonds is 2. The lowest BCUT2D eigenvalue weighted by atomic mass is 9.88. The SMILES string of the molecule is COc1ccc2sc(C(=O)N3CC4(CCC(=O)N4)C3)cc2c1. The molecule has 2 aromatic rings. The van der Waals surface area contributed by atoms with Crippen molar-refractivity contribution in [3.63, 3.8) is 0 Å². The maximum atomic E-state index is 12.6. The molecule has 2 saturated heterocycles. The minimum absolute atomic E-state index is 0.0481. The zero-order valence-electron chi connectivity index (χ0n) is 12.2. The predicted molar refractivity (Wildman–Crippen MR) is 84.4 cm³/mol. The lowest BCUT2D eigenvalue weighted by Gasteiger charge is -2.47. The second-order valence-electron chi connectivity index (χ2n) is 6.00. The topological polar surface area (TPSA) is 58.6 Å². The van der Waals surface area contributed by atoms with Gasteiger partial charge < -0.3 is 15.0 Å². The van der Waals surface area contributed by atoms with Crippen molar-refractivity contribution >= 4 is 33.2 Å². The normalized spacial score (nSPS) is 19.3. The summed E-state index contributed by atoms with van der Waals surface area (Å²) in [7, 11) is 1.63. The summed E-state index contributed by atoms with van der Waals surface area (Å²) in [6.07, 6.45) is 1.41. The number of nitrogens with one attached hydrogen (secondary N) is 1. The quantitative estimate of drug-likeness (QED) is 0.922. The van der Waals surface area contributed by atoms with E-state index in [4.69, 9.17) is 4.74 Å². The van der Waals surface area contributed by atoms with Gasteiger partial charge in [-0.15, -0.1) is 11.3 Å². The summed E-state index contributed by atoms with van der Waals surface area (Å²) in [5, 5.41) is 4.02. The molecule has 0 bridgehead atoms. The van der Waals surface area contributed by atoms with Gasteiger partial charge in [0, 0.05) is 24.2 Å². The van der Waals surface area contributed by atoms with Crippen LogP contribution in [0.25, 0.3) is 10.1 Å². The second kappa shape index (κ2) is 4.71. The van der Waals surface area contributed by atoms with Crippen molar-refractivity contribution < 1.29 is 14.3 Å². The molecule has 2 aliphatic heterocycles. The van der Waals surface area contributed by atoms with Crippen LogP contribution in [0.4, 0.5) is 0 Å². The molecule has 5 nitrogen and oxygen atoms in total. The molecular weight excluding hydrogens is 300 g/mol. The molecule has 0 saturated carbocycles. The average Bonchev–Trinajstić information content (AvgIpc) is 3.07. The number of likely N-dealkylation sites (tertiary alicyclic amines) is 1. The maximum Gasteiger partial charge on any atom is 0.264 e. The van der Waals surface area contributed by atoms with E-state index in [1.165, 1.54) is 11.3 Å². The van der Waals surface area contributed by atoms with Crippen LogP contribution in [0.2, 0.25) is 0 Å². The fourth-order valence-electron chi connectivity index (χ4n) is 3.25. The molecule has 22 heavy (non-hydrogen) atoms. The Kier molecular flexibility index (Phi) is 2.91. The van der Waals surface area contributed by atoms with Gasteiger partial charge >= 0.3 is 0 Å². The van der Waals surface area contributed by atoms with E-state index >= 15 is 0 Å².